The molecule has 0 aliphatic carbocycles. The Hall–Kier alpha value is -1.47. The average Bonchev–Trinajstić information content (AvgIpc) is 2.52. The molecular formula is C19H24ClN. The van der Waals surface area contributed by atoms with Crippen LogP contribution in [0.25, 0.3) is 0 Å². The minimum Gasteiger partial charge on any atom is -0.377 e. The molecular weight excluding hydrogens is 278 g/mol. The maximum Gasteiger partial charge on any atom is 0.0637 e. The number of benzene rings is 2. The van der Waals surface area contributed by atoms with Crippen LogP contribution in [0.15, 0.2) is 54.6 Å². The summed E-state index contributed by atoms with van der Waals surface area (Å²) >= 11 is 6.30. The number of hydrogen-bond donors (Lipinski definition) is 1. The molecule has 0 aliphatic heterocycles. The summed E-state index contributed by atoms with van der Waals surface area (Å²) in [7, 11) is 0. The fourth-order valence-corrected chi connectivity index (χ4v) is 2.84. The van der Waals surface area contributed by atoms with Gasteiger partial charge in [-0.3, -0.25) is 0 Å². The van der Waals surface area contributed by atoms with E-state index in [1.807, 2.05) is 24.3 Å². The fourth-order valence-electron chi connectivity index (χ4n) is 2.65. The van der Waals surface area contributed by atoms with Crippen LogP contribution in [-0.2, 0) is 0 Å². The number of para-hydroxylation sites is 1. The van der Waals surface area contributed by atoms with Crippen molar-refractivity contribution in [1.82, 2.24) is 0 Å². The summed E-state index contributed by atoms with van der Waals surface area (Å²) in [6.07, 6.45) is 3.71. The highest BCUT2D eigenvalue weighted by Crippen LogP contribution is 2.32. The van der Waals surface area contributed by atoms with Crippen molar-refractivity contribution in [2.24, 2.45) is 5.92 Å². The van der Waals surface area contributed by atoms with E-state index in [2.05, 4.69) is 49.5 Å². The van der Waals surface area contributed by atoms with Crippen LogP contribution in [0, 0.1) is 5.92 Å². The third kappa shape index (κ3) is 4.50. The summed E-state index contributed by atoms with van der Waals surface area (Å²) in [5.41, 5.74) is 2.33. The molecule has 1 nitrogen and oxygen atoms in total. The van der Waals surface area contributed by atoms with E-state index in [0.29, 0.717) is 5.92 Å². The second-order valence-corrected chi connectivity index (χ2v) is 6.04. The zero-order valence-electron chi connectivity index (χ0n) is 12.9. The van der Waals surface area contributed by atoms with Crippen molar-refractivity contribution in [2.75, 3.05) is 5.32 Å². The molecule has 0 amide bonds. The van der Waals surface area contributed by atoms with Crippen molar-refractivity contribution in [1.29, 1.82) is 0 Å². The van der Waals surface area contributed by atoms with Crippen molar-refractivity contribution in [3.8, 4) is 0 Å². The van der Waals surface area contributed by atoms with Gasteiger partial charge in [-0.1, -0.05) is 80.8 Å². The minimum atomic E-state index is 0.289. The zero-order valence-corrected chi connectivity index (χ0v) is 13.6. The molecule has 0 heterocycles. The number of unbranched alkanes of at least 4 members (excludes halogenated alkanes) is 1. The predicted octanol–water partition coefficient (Wildman–Crippen LogP) is 6.32. The molecule has 0 spiro atoms. The summed E-state index contributed by atoms with van der Waals surface area (Å²) in [6, 6.07) is 18.9. The number of hydrogen-bond acceptors (Lipinski definition) is 1. The van der Waals surface area contributed by atoms with Gasteiger partial charge in [-0.25, -0.2) is 0 Å². The number of nitrogens with one attached hydrogen (secondary N) is 1. The van der Waals surface area contributed by atoms with Crippen molar-refractivity contribution >= 4 is 17.3 Å². The number of halogens is 1. The van der Waals surface area contributed by atoms with E-state index < -0.39 is 0 Å². The Labute approximate surface area is 133 Å². The highest BCUT2D eigenvalue weighted by atomic mass is 35.5. The normalized spacial score (nSPS) is 13.7. The molecule has 2 heteroatoms. The first-order valence-electron chi connectivity index (χ1n) is 7.78. The maximum atomic E-state index is 6.30. The largest absolute Gasteiger partial charge is 0.377 e. The van der Waals surface area contributed by atoms with Crippen LogP contribution < -0.4 is 5.32 Å². The first-order chi connectivity index (χ1) is 10.2. The van der Waals surface area contributed by atoms with Crippen molar-refractivity contribution in [3.63, 3.8) is 0 Å². The van der Waals surface area contributed by atoms with Gasteiger partial charge in [-0.05, 0) is 30.0 Å². The third-order valence-corrected chi connectivity index (χ3v) is 4.26. The molecule has 2 aromatic rings. The van der Waals surface area contributed by atoms with E-state index in [1.54, 1.807) is 0 Å². The lowest BCUT2D eigenvalue weighted by Gasteiger charge is -2.27. The summed E-state index contributed by atoms with van der Waals surface area (Å²) < 4.78 is 0. The van der Waals surface area contributed by atoms with Gasteiger partial charge in [-0.2, -0.15) is 0 Å². The monoisotopic (exact) mass is 301 g/mol. The third-order valence-electron chi connectivity index (χ3n) is 3.93. The molecule has 2 aromatic carbocycles. The van der Waals surface area contributed by atoms with Gasteiger partial charge in [0.05, 0.1) is 16.8 Å². The highest BCUT2D eigenvalue weighted by Gasteiger charge is 2.19. The average molecular weight is 302 g/mol. The Morgan fingerprint density at radius 3 is 2.33 bits per heavy atom. The van der Waals surface area contributed by atoms with E-state index in [-0.39, 0.29) is 6.04 Å². The van der Waals surface area contributed by atoms with Gasteiger partial charge in [0.25, 0.3) is 0 Å². The van der Waals surface area contributed by atoms with E-state index >= 15 is 0 Å². The van der Waals surface area contributed by atoms with E-state index in [0.717, 1.165) is 10.7 Å². The van der Waals surface area contributed by atoms with E-state index in [1.165, 1.54) is 24.8 Å². The SMILES string of the molecule is CCCCC(C)C(Nc1ccccc1Cl)c1ccccc1. The predicted molar refractivity (Wildman–Crippen MR) is 92.9 cm³/mol. The van der Waals surface area contributed by atoms with E-state index in [9.17, 15) is 0 Å². The zero-order chi connectivity index (χ0) is 15.1. The molecule has 0 saturated carbocycles. The van der Waals surface area contributed by atoms with Gasteiger partial charge < -0.3 is 5.32 Å². The molecule has 0 aliphatic rings. The molecule has 112 valence electrons. The van der Waals surface area contributed by atoms with Crippen LogP contribution >= 0.6 is 11.6 Å². The molecule has 0 aromatic heterocycles. The first-order valence-corrected chi connectivity index (χ1v) is 8.16. The Balaban J connectivity index is 2.22. The molecule has 0 fully saturated rings. The van der Waals surface area contributed by atoms with Crippen LogP contribution in [0.5, 0.6) is 0 Å². The smallest absolute Gasteiger partial charge is 0.0637 e. The van der Waals surface area contributed by atoms with E-state index in [4.69, 9.17) is 11.6 Å². The number of anilines is 1. The molecule has 21 heavy (non-hydrogen) atoms. The molecule has 0 bridgehead atoms. The molecule has 1 N–H and O–H groups in total. The van der Waals surface area contributed by atoms with Gasteiger partial charge >= 0.3 is 0 Å². The van der Waals surface area contributed by atoms with Crippen LogP contribution in [0.3, 0.4) is 0 Å². The summed E-state index contributed by atoms with van der Waals surface area (Å²) in [4.78, 5) is 0. The Kier molecular flexibility index (Phi) is 6.13. The standard InChI is InChI=1S/C19H24ClN/c1-3-4-10-15(2)19(16-11-6-5-7-12-16)21-18-14-9-8-13-17(18)20/h5-9,11-15,19,21H,3-4,10H2,1-2H3. The molecule has 2 unspecified atom stereocenters. The van der Waals surface area contributed by atoms with Crippen LogP contribution in [0.1, 0.15) is 44.7 Å². The van der Waals surface area contributed by atoms with Gasteiger partial charge in [0.15, 0.2) is 0 Å². The summed E-state index contributed by atoms with van der Waals surface area (Å²) in [5.74, 6) is 0.559. The Morgan fingerprint density at radius 1 is 1.00 bits per heavy atom. The topological polar surface area (TPSA) is 12.0 Å². The van der Waals surface area contributed by atoms with Crippen molar-refractivity contribution in [2.45, 2.75) is 39.2 Å². The van der Waals surface area contributed by atoms with Gasteiger partial charge in [0.2, 0.25) is 0 Å². The lowest BCUT2D eigenvalue weighted by atomic mass is 9.90. The van der Waals surface area contributed by atoms with Gasteiger partial charge in [0.1, 0.15) is 0 Å². The molecule has 2 atom stereocenters. The second kappa shape index (κ2) is 8.09. The summed E-state index contributed by atoms with van der Waals surface area (Å²) in [5, 5.41) is 4.42. The quantitative estimate of drug-likeness (QED) is 0.631. The summed E-state index contributed by atoms with van der Waals surface area (Å²) in [6.45, 7) is 4.56. The van der Waals surface area contributed by atoms with Gasteiger partial charge in [0, 0.05) is 0 Å². The van der Waals surface area contributed by atoms with Crippen LogP contribution in [-0.4, -0.2) is 0 Å². The fraction of sp³-hybridized carbons (Fsp3) is 0.368. The number of rotatable bonds is 7. The highest BCUT2D eigenvalue weighted by molar-refractivity contribution is 6.33. The minimum absolute atomic E-state index is 0.289. The molecule has 2 rings (SSSR count). The lowest BCUT2D eigenvalue weighted by molar-refractivity contribution is 0.444. The molecule has 0 radical (unpaired) electrons. The van der Waals surface area contributed by atoms with Crippen molar-refractivity contribution < 1.29 is 0 Å². The van der Waals surface area contributed by atoms with Crippen LogP contribution in [0.4, 0.5) is 5.69 Å². The Bertz CT molecular complexity index is 538. The lowest BCUT2D eigenvalue weighted by Crippen LogP contribution is -2.19. The van der Waals surface area contributed by atoms with Gasteiger partial charge in [-0.15, -0.1) is 0 Å². The molecule has 0 saturated heterocycles. The maximum absolute atomic E-state index is 6.30. The van der Waals surface area contributed by atoms with Crippen LogP contribution in [0.2, 0.25) is 5.02 Å². The second-order valence-electron chi connectivity index (χ2n) is 5.63. The Morgan fingerprint density at radius 2 is 1.67 bits per heavy atom. The first kappa shape index (κ1) is 15.9. The van der Waals surface area contributed by atoms with Crippen molar-refractivity contribution in [3.05, 3.63) is 65.2 Å².